The number of hydrogen-bond donors (Lipinski definition) is 3. The molecule has 0 saturated heterocycles. The summed E-state index contributed by atoms with van der Waals surface area (Å²) in [5.74, 6) is 3.02. The molecule has 0 bridgehead atoms. The first kappa shape index (κ1) is 31.1. The zero-order chi connectivity index (χ0) is 28.9. The number of aromatic hydroxyl groups is 1. The van der Waals surface area contributed by atoms with Crippen LogP contribution in [0.2, 0.25) is 0 Å². The fraction of sp³-hybridized carbons (Fsp3) is 0.667. The predicted octanol–water partition coefficient (Wildman–Crippen LogP) is 8.44. The van der Waals surface area contributed by atoms with Crippen LogP contribution in [-0.2, 0) is 4.74 Å². The maximum atomic E-state index is 10.3. The number of methoxy groups -OCH3 is 1. The van der Waals surface area contributed by atoms with Crippen molar-refractivity contribution in [2.75, 3.05) is 7.11 Å². The molecule has 4 nitrogen and oxygen atoms in total. The molecule has 0 aromatic heterocycles. The molecular formula is C36H54O4. The third-order valence-electron chi connectivity index (χ3n) is 11.0. The summed E-state index contributed by atoms with van der Waals surface area (Å²) < 4.78 is 5.92. The van der Waals surface area contributed by atoms with E-state index in [-0.39, 0.29) is 6.10 Å². The van der Waals surface area contributed by atoms with E-state index >= 15 is 0 Å². The molecule has 4 rings (SSSR count). The van der Waals surface area contributed by atoms with Crippen molar-refractivity contribution < 1.29 is 20.1 Å². The van der Waals surface area contributed by atoms with Crippen molar-refractivity contribution in [2.24, 2.45) is 29.1 Å². The molecule has 0 spiro atoms. The minimum atomic E-state index is -0.631. The number of allylic oxidation sites excluding steroid dienone is 3. The van der Waals surface area contributed by atoms with Crippen molar-refractivity contribution >= 4 is 0 Å². The van der Waals surface area contributed by atoms with Crippen molar-refractivity contribution in [1.82, 2.24) is 0 Å². The molecule has 3 aliphatic carbocycles. The highest BCUT2D eigenvalue weighted by molar-refractivity contribution is 5.30. The molecule has 0 aliphatic heterocycles. The second-order valence-corrected chi connectivity index (χ2v) is 13.3. The molecule has 0 unspecified atom stereocenters. The molecule has 8 atom stereocenters. The summed E-state index contributed by atoms with van der Waals surface area (Å²) in [6.07, 6.45) is 16.8. The molecule has 0 radical (unpaired) electrons. The van der Waals surface area contributed by atoms with Crippen LogP contribution in [0.3, 0.4) is 0 Å². The number of hydrogen-bond acceptors (Lipinski definition) is 4. The average molecular weight is 551 g/mol. The van der Waals surface area contributed by atoms with Crippen LogP contribution in [0.1, 0.15) is 109 Å². The Hall–Kier alpha value is -1.88. The van der Waals surface area contributed by atoms with Gasteiger partial charge in [-0.05, 0) is 110 Å². The largest absolute Gasteiger partial charge is 0.508 e. The van der Waals surface area contributed by atoms with Gasteiger partial charge < -0.3 is 20.1 Å². The van der Waals surface area contributed by atoms with Crippen LogP contribution in [0.5, 0.6) is 5.75 Å². The fourth-order valence-electron chi connectivity index (χ4n) is 8.51. The van der Waals surface area contributed by atoms with Gasteiger partial charge in [0.15, 0.2) is 0 Å². The molecule has 1 aromatic rings. The highest BCUT2D eigenvalue weighted by Gasteiger charge is 2.51. The highest BCUT2D eigenvalue weighted by Crippen LogP contribution is 2.60. The third-order valence-corrected chi connectivity index (χ3v) is 11.0. The van der Waals surface area contributed by atoms with E-state index in [1.165, 1.54) is 57.8 Å². The summed E-state index contributed by atoms with van der Waals surface area (Å²) in [5, 5.41) is 30.3. The van der Waals surface area contributed by atoms with E-state index < -0.39 is 12.2 Å². The molecule has 3 saturated carbocycles. The lowest BCUT2D eigenvalue weighted by atomic mass is 9.59. The number of ether oxygens (including phenoxy) is 1. The van der Waals surface area contributed by atoms with Crippen LogP contribution < -0.4 is 0 Å². The minimum absolute atomic E-state index is 0.0649. The van der Waals surface area contributed by atoms with Gasteiger partial charge in [0.2, 0.25) is 0 Å². The van der Waals surface area contributed by atoms with E-state index in [2.05, 4.69) is 39.5 Å². The van der Waals surface area contributed by atoms with Crippen LogP contribution in [0, 0.1) is 29.1 Å². The van der Waals surface area contributed by atoms with E-state index in [1.54, 1.807) is 24.8 Å². The zero-order valence-electron chi connectivity index (χ0n) is 25.4. The lowest BCUT2D eigenvalue weighted by Gasteiger charge is -2.46. The molecule has 4 heteroatoms. The molecule has 0 heterocycles. The molecule has 3 aliphatic rings. The number of aliphatic hydroxyl groups is 2. The van der Waals surface area contributed by atoms with Gasteiger partial charge in [-0.15, -0.1) is 0 Å². The molecule has 0 amide bonds. The van der Waals surface area contributed by atoms with Gasteiger partial charge in [-0.3, -0.25) is 0 Å². The Morgan fingerprint density at radius 1 is 1.05 bits per heavy atom. The maximum Gasteiger partial charge on any atom is 0.115 e. The standard InChI is InChI=1S/C36H54O4/c1-6-7-9-27(15-20-35(40-5)29-13-16-30(37)17-14-29)24(2)31-18-19-32-28(10-8-21-36(31,32)4)12-11-26-22-33(38)25(3)34(39)23-26/h11-14,16-17,24,27,31-35,37-39H,3,6-10,15,18-23H2,1-2,4-5H3/b28-12+/t24-,27+,31-,32+,33-,34-,35+,36-/m1/s1. The maximum absolute atomic E-state index is 10.3. The Labute approximate surface area is 243 Å². The lowest BCUT2D eigenvalue weighted by Crippen LogP contribution is -2.38. The van der Waals surface area contributed by atoms with Crippen molar-refractivity contribution in [3.63, 3.8) is 0 Å². The van der Waals surface area contributed by atoms with Crippen molar-refractivity contribution in [3.8, 4) is 5.75 Å². The van der Waals surface area contributed by atoms with E-state index in [0.717, 1.165) is 23.5 Å². The Balaban J connectivity index is 1.47. The average Bonchev–Trinajstić information content (AvgIpc) is 3.30. The lowest BCUT2D eigenvalue weighted by molar-refractivity contribution is 0.0520. The Bertz CT molecular complexity index is 1020. The summed E-state index contributed by atoms with van der Waals surface area (Å²) in [6.45, 7) is 11.3. The molecule has 222 valence electrons. The van der Waals surface area contributed by atoms with Crippen molar-refractivity contribution in [3.05, 3.63) is 65.3 Å². The monoisotopic (exact) mass is 550 g/mol. The quantitative estimate of drug-likeness (QED) is 0.242. The summed E-state index contributed by atoms with van der Waals surface area (Å²) in [5.41, 5.74) is 4.76. The van der Waals surface area contributed by atoms with Crippen LogP contribution in [-0.4, -0.2) is 34.6 Å². The predicted molar refractivity (Wildman–Crippen MR) is 164 cm³/mol. The van der Waals surface area contributed by atoms with Gasteiger partial charge in [0.25, 0.3) is 0 Å². The Morgan fingerprint density at radius 3 is 2.40 bits per heavy atom. The number of rotatable bonds is 11. The minimum Gasteiger partial charge on any atom is -0.508 e. The van der Waals surface area contributed by atoms with Gasteiger partial charge in [0.05, 0.1) is 18.3 Å². The topological polar surface area (TPSA) is 69.9 Å². The van der Waals surface area contributed by atoms with Gasteiger partial charge in [-0.1, -0.05) is 82.0 Å². The normalized spacial score (nSPS) is 32.1. The van der Waals surface area contributed by atoms with E-state index in [0.29, 0.717) is 47.3 Å². The number of unbranched alkanes of at least 4 members (excludes halogenated alkanes) is 1. The Morgan fingerprint density at radius 2 is 1.75 bits per heavy atom. The fourth-order valence-corrected chi connectivity index (χ4v) is 8.51. The number of benzene rings is 1. The molecule has 40 heavy (non-hydrogen) atoms. The number of phenols is 1. The zero-order valence-corrected chi connectivity index (χ0v) is 25.4. The van der Waals surface area contributed by atoms with Crippen LogP contribution >= 0.6 is 0 Å². The molecule has 3 fully saturated rings. The van der Waals surface area contributed by atoms with Crippen LogP contribution in [0.15, 0.2) is 59.7 Å². The first-order valence-corrected chi connectivity index (χ1v) is 15.9. The second kappa shape index (κ2) is 13.9. The number of phenolic OH excluding ortho intramolecular Hbond substituents is 1. The van der Waals surface area contributed by atoms with Crippen LogP contribution in [0.25, 0.3) is 0 Å². The highest BCUT2D eigenvalue weighted by atomic mass is 16.5. The SMILES string of the molecule is C=C1[C@H](O)CC(=C/C=C2\CCC[C@]3(C)[C@@H]([C@H](C)[C@@H](CCCC)CC[C@H](OC)c4ccc(O)cc4)CC[C@@H]23)C[C@H]1O. The van der Waals surface area contributed by atoms with Gasteiger partial charge in [0.1, 0.15) is 5.75 Å². The summed E-state index contributed by atoms with van der Waals surface area (Å²) in [7, 11) is 1.81. The smallest absolute Gasteiger partial charge is 0.115 e. The van der Waals surface area contributed by atoms with Gasteiger partial charge in [0, 0.05) is 7.11 Å². The molecular weight excluding hydrogens is 496 g/mol. The van der Waals surface area contributed by atoms with E-state index in [9.17, 15) is 15.3 Å². The Kier molecular flexibility index (Phi) is 10.8. The first-order chi connectivity index (χ1) is 19.2. The number of fused-ring (bicyclic) bond motifs is 1. The van der Waals surface area contributed by atoms with Crippen molar-refractivity contribution in [2.45, 2.75) is 116 Å². The summed E-state index contributed by atoms with van der Waals surface area (Å²) in [4.78, 5) is 0. The molecule has 3 N–H and O–H groups in total. The summed E-state index contributed by atoms with van der Waals surface area (Å²) in [6, 6.07) is 7.51. The van der Waals surface area contributed by atoms with Gasteiger partial charge in [-0.25, -0.2) is 0 Å². The van der Waals surface area contributed by atoms with Crippen molar-refractivity contribution in [1.29, 1.82) is 0 Å². The molecule has 1 aromatic carbocycles. The van der Waals surface area contributed by atoms with Gasteiger partial charge >= 0.3 is 0 Å². The van der Waals surface area contributed by atoms with Gasteiger partial charge in [-0.2, -0.15) is 0 Å². The number of aliphatic hydroxyl groups excluding tert-OH is 2. The van der Waals surface area contributed by atoms with Crippen LogP contribution in [0.4, 0.5) is 0 Å². The summed E-state index contributed by atoms with van der Waals surface area (Å²) >= 11 is 0. The first-order valence-electron chi connectivity index (χ1n) is 15.9. The third kappa shape index (κ3) is 6.94. The van der Waals surface area contributed by atoms with E-state index in [4.69, 9.17) is 4.74 Å². The van der Waals surface area contributed by atoms with E-state index in [1.807, 2.05) is 12.1 Å². The second-order valence-electron chi connectivity index (χ2n) is 13.3.